The van der Waals surface area contributed by atoms with E-state index in [4.69, 9.17) is 4.74 Å². The molecule has 40 heavy (non-hydrogen) atoms. The zero-order chi connectivity index (χ0) is 29.6. The highest BCUT2D eigenvalue weighted by Crippen LogP contribution is 2.29. The minimum absolute atomic E-state index is 0.0825. The molecule has 0 aliphatic heterocycles. The molecule has 0 fully saturated rings. The van der Waals surface area contributed by atoms with Gasteiger partial charge in [0.05, 0.1) is 17.7 Å². The Kier molecular flexibility index (Phi) is 9.98. The van der Waals surface area contributed by atoms with Gasteiger partial charge in [-0.15, -0.1) is 0 Å². The van der Waals surface area contributed by atoms with E-state index in [1.165, 1.54) is 4.90 Å². The molecular weight excluding hydrogens is 526 g/mol. The Hall–Kier alpha value is -3.85. The minimum atomic E-state index is -4.12. The van der Waals surface area contributed by atoms with Crippen LogP contribution in [0.25, 0.3) is 0 Å². The number of amides is 2. The van der Waals surface area contributed by atoms with Crippen LogP contribution in [-0.2, 0) is 26.2 Å². The number of aryl methyl sites for hydroxylation is 2. The van der Waals surface area contributed by atoms with Crippen LogP contribution in [-0.4, -0.2) is 50.9 Å². The number of carbonyl (C=O) groups excluding carboxylic acids is 2. The second-order valence-electron chi connectivity index (χ2n) is 10.3. The van der Waals surface area contributed by atoms with Crippen molar-refractivity contribution < 1.29 is 22.7 Å². The van der Waals surface area contributed by atoms with Gasteiger partial charge in [-0.3, -0.25) is 13.9 Å². The summed E-state index contributed by atoms with van der Waals surface area (Å²) in [7, 11) is -2.55. The van der Waals surface area contributed by atoms with E-state index in [0.717, 1.165) is 26.6 Å². The molecule has 0 spiro atoms. The van der Waals surface area contributed by atoms with Crippen molar-refractivity contribution in [3.05, 3.63) is 89.0 Å². The Labute approximate surface area is 238 Å². The monoisotopic (exact) mass is 565 g/mol. The summed E-state index contributed by atoms with van der Waals surface area (Å²) in [5, 5.41) is 2.86. The van der Waals surface area contributed by atoms with Crippen LogP contribution in [0.5, 0.6) is 5.75 Å². The number of nitrogens with zero attached hydrogens (tertiary/aromatic N) is 2. The zero-order valence-corrected chi connectivity index (χ0v) is 25.1. The fourth-order valence-corrected chi connectivity index (χ4v) is 5.74. The first-order chi connectivity index (χ1) is 18.8. The number of hydrogen-bond donors (Lipinski definition) is 1. The van der Waals surface area contributed by atoms with Crippen molar-refractivity contribution in [2.24, 2.45) is 0 Å². The molecule has 1 atom stereocenters. The lowest BCUT2D eigenvalue weighted by Crippen LogP contribution is -2.52. The van der Waals surface area contributed by atoms with Crippen LogP contribution in [0.2, 0.25) is 0 Å². The smallest absolute Gasteiger partial charge is 0.264 e. The molecule has 9 heteroatoms. The number of benzene rings is 3. The summed E-state index contributed by atoms with van der Waals surface area (Å²) in [5.41, 5.74) is 3.76. The largest absolute Gasteiger partial charge is 0.497 e. The topological polar surface area (TPSA) is 96.0 Å². The fourth-order valence-electron chi connectivity index (χ4n) is 4.27. The van der Waals surface area contributed by atoms with Gasteiger partial charge in [-0.25, -0.2) is 8.42 Å². The molecule has 0 bridgehead atoms. The third kappa shape index (κ3) is 7.21. The summed E-state index contributed by atoms with van der Waals surface area (Å²) in [4.78, 5) is 28.6. The van der Waals surface area contributed by atoms with Crippen LogP contribution in [0.15, 0.2) is 71.6 Å². The van der Waals surface area contributed by atoms with Crippen molar-refractivity contribution in [1.82, 2.24) is 10.2 Å². The molecule has 3 rings (SSSR count). The van der Waals surface area contributed by atoms with Crippen LogP contribution in [0.4, 0.5) is 5.69 Å². The Morgan fingerprint density at radius 1 is 0.900 bits per heavy atom. The third-order valence-electron chi connectivity index (χ3n) is 6.84. The van der Waals surface area contributed by atoms with Crippen molar-refractivity contribution >= 4 is 27.5 Å². The van der Waals surface area contributed by atoms with Gasteiger partial charge in [0.25, 0.3) is 10.0 Å². The Morgan fingerprint density at radius 3 is 2.10 bits per heavy atom. The van der Waals surface area contributed by atoms with Crippen LogP contribution < -0.4 is 14.4 Å². The summed E-state index contributed by atoms with van der Waals surface area (Å²) in [6.07, 6.45) is 0. The zero-order valence-electron chi connectivity index (χ0n) is 24.3. The van der Waals surface area contributed by atoms with Crippen molar-refractivity contribution in [1.29, 1.82) is 0 Å². The lowest BCUT2D eigenvalue weighted by Gasteiger charge is -2.33. The van der Waals surface area contributed by atoms with Gasteiger partial charge in [-0.2, -0.15) is 0 Å². The molecule has 0 aliphatic rings. The van der Waals surface area contributed by atoms with Gasteiger partial charge in [-0.05, 0) is 88.6 Å². The molecular formula is C31H39N3O5S. The lowest BCUT2D eigenvalue weighted by molar-refractivity contribution is -0.139. The molecule has 0 saturated heterocycles. The molecule has 3 aromatic rings. The molecule has 8 nitrogen and oxygen atoms in total. The van der Waals surface area contributed by atoms with Gasteiger partial charge in [0.15, 0.2) is 0 Å². The first kappa shape index (κ1) is 30.7. The van der Waals surface area contributed by atoms with E-state index in [1.807, 2.05) is 52.8 Å². The number of nitrogens with one attached hydrogen (secondary N) is 1. The van der Waals surface area contributed by atoms with Crippen molar-refractivity contribution in [3.8, 4) is 5.75 Å². The molecule has 214 valence electrons. The first-order valence-corrected chi connectivity index (χ1v) is 14.7. The predicted molar refractivity (Wildman–Crippen MR) is 158 cm³/mol. The molecule has 1 unspecified atom stereocenters. The first-order valence-electron chi connectivity index (χ1n) is 13.2. The average Bonchev–Trinajstić information content (AvgIpc) is 2.91. The number of anilines is 1. The highest BCUT2D eigenvalue weighted by molar-refractivity contribution is 7.92. The van der Waals surface area contributed by atoms with Gasteiger partial charge >= 0.3 is 0 Å². The quantitative estimate of drug-likeness (QED) is 0.362. The standard InChI is InChI=1S/C31H39N3O5S/c1-21(2)32-31(36)25(6)33(19-26-13-15-27(39-7)16-14-26)30(35)20-34(29-10-8-9-23(4)24(29)5)40(37,38)28-17-11-22(3)12-18-28/h8-18,21,25H,19-20H2,1-7H3,(H,32,36). The Balaban J connectivity index is 2.06. The molecule has 0 aromatic heterocycles. The third-order valence-corrected chi connectivity index (χ3v) is 8.62. The van der Waals surface area contributed by atoms with Gasteiger partial charge < -0.3 is 15.0 Å². The predicted octanol–water partition coefficient (Wildman–Crippen LogP) is 4.76. The van der Waals surface area contributed by atoms with Crippen LogP contribution in [0, 0.1) is 20.8 Å². The highest BCUT2D eigenvalue weighted by atomic mass is 32.2. The molecule has 0 heterocycles. The molecule has 0 radical (unpaired) electrons. The van der Waals surface area contributed by atoms with Crippen LogP contribution in [0.1, 0.15) is 43.0 Å². The maximum Gasteiger partial charge on any atom is 0.264 e. The van der Waals surface area contributed by atoms with E-state index < -0.39 is 28.5 Å². The number of ether oxygens (including phenoxy) is 1. The summed E-state index contributed by atoms with van der Waals surface area (Å²) < 4.78 is 34.4. The molecule has 1 N–H and O–H groups in total. The second kappa shape index (κ2) is 13.0. The summed E-state index contributed by atoms with van der Waals surface area (Å²) >= 11 is 0. The summed E-state index contributed by atoms with van der Waals surface area (Å²) in [6, 6.07) is 18.1. The van der Waals surface area contributed by atoms with E-state index in [0.29, 0.717) is 11.4 Å². The molecule has 0 aliphatic carbocycles. The number of carbonyl (C=O) groups is 2. The van der Waals surface area contributed by atoms with Crippen LogP contribution in [0.3, 0.4) is 0 Å². The number of sulfonamides is 1. The molecule has 0 saturated carbocycles. The Bertz CT molecular complexity index is 1430. The number of rotatable bonds is 11. The van der Waals surface area contributed by atoms with Crippen molar-refractivity contribution in [2.75, 3.05) is 18.0 Å². The van der Waals surface area contributed by atoms with Crippen molar-refractivity contribution in [2.45, 2.75) is 65.1 Å². The van der Waals surface area contributed by atoms with E-state index in [2.05, 4.69) is 5.32 Å². The average molecular weight is 566 g/mol. The SMILES string of the molecule is COc1ccc(CN(C(=O)CN(c2cccc(C)c2C)S(=O)(=O)c2ccc(C)cc2)C(C)C(=O)NC(C)C)cc1. The van der Waals surface area contributed by atoms with Gasteiger partial charge in [0, 0.05) is 12.6 Å². The van der Waals surface area contributed by atoms with Crippen molar-refractivity contribution in [3.63, 3.8) is 0 Å². The van der Waals surface area contributed by atoms with Gasteiger partial charge in [0.2, 0.25) is 11.8 Å². The van der Waals surface area contributed by atoms with E-state index >= 15 is 0 Å². The lowest BCUT2D eigenvalue weighted by atomic mass is 10.1. The number of methoxy groups -OCH3 is 1. The van der Waals surface area contributed by atoms with Gasteiger partial charge in [0.1, 0.15) is 18.3 Å². The van der Waals surface area contributed by atoms with E-state index in [1.54, 1.807) is 62.6 Å². The summed E-state index contributed by atoms with van der Waals surface area (Å²) in [6.45, 7) is 10.6. The molecule has 2 amide bonds. The fraction of sp³-hybridized carbons (Fsp3) is 0.355. The number of hydrogen-bond acceptors (Lipinski definition) is 5. The highest BCUT2D eigenvalue weighted by Gasteiger charge is 2.33. The molecule has 3 aromatic carbocycles. The Morgan fingerprint density at radius 2 is 1.52 bits per heavy atom. The maximum absolute atomic E-state index is 14.0. The summed E-state index contributed by atoms with van der Waals surface area (Å²) in [5.74, 6) is -0.159. The van der Waals surface area contributed by atoms with E-state index in [-0.39, 0.29) is 23.4 Å². The second-order valence-corrected chi connectivity index (χ2v) is 12.1. The van der Waals surface area contributed by atoms with Crippen LogP contribution >= 0.6 is 0 Å². The minimum Gasteiger partial charge on any atom is -0.497 e. The van der Waals surface area contributed by atoms with Gasteiger partial charge in [-0.1, -0.05) is 42.0 Å². The normalized spacial score (nSPS) is 12.1. The maximum atomic E-state index is 14.0. The van der Waals surface area contributed by atoms with E-state index in [9.17, 15) is 18.0 Å².